The Morgan fingerprint density at radius 2 is 2.11 bits per heavy atom. The van der Waals surface area contributed by atoms with Crippen LogP contribution in [0.2, 0.25) is 0 Å². The maximum absolute atomic E-state index is 11.7. The number of carbonyl (C=O) groups excluding carboxylic acids is 1. The number of hydrogen-bond acceptors (Lipinski definition) is 4. The molecule has 1 amide bonds. The van der Waals surface area contributed by atoms with E-state index in [0.29, 0.717) is 12.2 Å². The second-order valence-electron chi connectivity index (χ2n) is 4.80. The van der Waals surface area contributed by atoms with E-state index in [9.17, 15) is 4.79 Å². The molecule has 1 heterocycles. The van der Waals surface area contributed by atoms with Crippen LogP contribution < -0.4 is 5.32 Å². The molecule has 0 atom stereocenters. The minimum Gasteiger partial charge on any atom is -0.361 e. The first kappa shape index (κ1) is 15.7. The third-order valence-electron chi connectivity index (χ3n) is 3.04. The Labute approximate surface area is 115 Å². The zero-order valence-corrected chi connectivity index (χ0v) is 12.2. The van der Waals surface area contributed by atoms with E-state index in [0.717, 1.165) is 31.7 Å². The summed E-state index contributed by atoms with van der Waals surface area (Å²) in [6.07, 6.45) is 4.14. The largest absolute Gasteiger partial charge is 0.361 e. The number of aryl methyl sites for hydroxylation is 1. The number of aromatic nitrogens is 1. The molecule has 19 heavy (non-hydrogen) atoms. The van der Waals surface area contributed by atoms with Gasteiger partial charge in [-0.1, -0.05) is 25.4 Å². The molecule has 108 valence electrons. The van der Waals surface area contributed by atoms with Crippen molar-refractivity contribution in [1.82, 2.24) is 15.4 Å². The zero-order chi connectivity index (χ0) is 14.1. The first-order valence-electron chi connectivity index (χ1n) is 7.09. The topological polar surface area (TPSA) is 58.4 Å². The van der Waals surface area contributed by atoms with Crippen LogP contribution >= 0.6 is 0 Å². The van der Waals surface area contributed by atoms with Crippen molar-refractivity contribution in [2.24, 2.45) is 0 Å². The molecule has 0 saturated heterocycles. The molecule has 0 bridgehead atoms. The lowest BCUT2D eigenvalue weighted by atomic mass is 10.3. The average molecular weight is 267 g/mol. The molecule has 5 nitrogen and oxygen atoms in total. The van der Waals surface area contributed by atoms with Crippen LogP contribution in [0, 0.1) is 0 Å². The molecule has 1 rings (SSSR count). The smallest absolute Gasteiger partial charge is 0.273 e. The molecule has 1 N–H and O–H groups in total. The average Bonchev–Trinajstić information content (AvgIpc) is 2.90. The Morgan fingerprint density at radius 1 is 1.37 bits per heavy atom. The van der Waals surface area contributed by atoms with E-state index in [1.54, 1.807) is 6.07 Å². The van der Waals surface area contributed by atoms with Crippen molar-refractivity contribution in [1.29, 1.82) is 0 Å². The summed E-state index contributed by atoms with van der Waals surface area (Å²) in [5.41, 5.74) is 0.371. The highest BCUT2D eigenvalue weighted by Gasteiger charge is 2.10. The summed E-state index contributed by atoms with van der Waals surface area (Å²) in [7, 11) is 2.11. The molecule has 0 spiro atoms. The van der Waals surface area contributed by atoms with Gasteiger partial charge in [-0.15, -0.1) is 0 Å². The number of unbranched alkanes of at least 4 members (excludes halogenated alkanes) is 1. The lowest BCUT2D eigenvalue weighted by Gasteiger charge is -2.15. The van der Waals surface area contributed by atoms with Gasteiger partial charge in [-0.3, -0.25) is 4.79 Å². The lowest BCUT2D eigenvalue weighted by molar-refractivity contribution is 0.0943. The highest BCUT2D eigenvalue weighted by atomic mass is 16.5. The van der Waals surface area contributed by atoms with Crippen LogP contribution in [-0.2, 0) is 6.42 Å². The van der Waals surface area contributed by atoms with E-state index in [2.05, 4.69) is 29.3 Å². The zero-order valence-electron chi connectivity index (χ0n) is 12.2. The second kappa shape index (κ2) is 8.69. The van der Waals surface area contributed by atoms with E-state index >= 15 is 0 Å². The quantitative estimate of drug-likeness (QED) is 0.696. The molecule has 0 fully saturated rings. The normalized spacial score (nSPS) is 10.9. The van der Waals surface area contributed by atoms with Gasteiger partial charge in [0.1, 0.15) is 5.76 Å². The third-order valence-corrected chi connectivity index (χ3v) is 3.04. The van der Waals surface area contributed by atoms with Gasteiger partial charge in [-0.25, -0.2) is 0 Å². The highest BCUT2D eigenvalue weighted by Crippen LogP contribution is 2.03. The van der Waals surface area contributed by atoms with Crippen molar-refractivity contribution >= 4 is 5.91 Å². The molecule has 0 aromatic carbocycles. The highest BCUT2D eigenvalue weighted by molar-refractivity contribution is 5.92. The fourth-order valence-electron chi connectivity index (χ4n) is 1.77. The van der Waals surface area contributed by atoms with Gasteiger partial charge < -0.3 is 14.7 Å². The molecule has 0 aliphatic rings. The van der Waals surface area contributed by atoms with Crippen molar-refractivity contribution < 1.29 is 9.32 Å². The summed E-state index contributed by atoms with van der Waals surface area (Å²) in [5.74, 6) is 0.587. The molecule has 0 radical (unpaired) electrons. The molecule has 0 aliphatic heterocycles. The van der Waals surface area contributed by atoms with E-state index in [1.165, 1.54) is 12.8 Å². The lowest BCUT2D eigenvalue weighted by Crippen LogP contribution is -2.28. The van der Waals surface area contributed by atoms with Crippen molar-refractivity contribution in [2.45, 2.75) is 39.5 Å². The standard InChI is InChI=1S/C14H25N3O2/c1-4-6-9-17(3)10-7-8-15-14(18)13-11-12(5-2)19-16-13/h11H,4-10H2,1-3H3,(H,15,18). The molecule has 1 aromatic rings. The minimum absolute atomic E-state index is 0.153. The maximum atomic E-state index is 11.7. The van der Waals surface area contributed by atoms with Crippen LogP contribution in [0.4, 0.5) is 0 Å². The maximum Gasteiger partial charge on any atom is 0.273 e. The molecule has 0 saturated carbocycles. The van der Waals surface area contributed by atoms with Gasteiger partial charge in [0.25, 0.3) is 5.91 Å². The summed E-state index contributed by atoms with van der Waals surface area (Å²) >= 11 is 0. The number of nitrogens with zero attached hydrogens (tertiary/aromatic N) is 2. The predicted octanol–water partition coefficient (Wildman–Crippen LogP) is 2.09. The Morgan fingerprint density at radius 3 is 2.74 bits per heavy atom. The summed E-state index contributed by atoms with van der Waals surface area (Å²) < 4.78 is 5.00. The minimum atomic E-state index is -0.153. The van der Waals surface area contributed by atoms with Crippen LogP contribution in [0.15, 0.2) is 10.6 Å². The SMILES string of the molecule is CCCCN(C)CCCNC(=O)c1cc(CC)on1. The van der Waals surface area contributed by atoms with Crippen LogP contribution in [0.1, 0.15) is 49.4 Å². The van der Waals surface area contributed by atoms with Crippen molar-refractivity contribution in [3.63, 3.8) is 0 Å². The van der Waals surface area contributed by atoms with E-state index in [-0.39, 0.29) is 5.91 Å². The van der Waals surface area contributed by atoms with Gasteiger partial charge in [0, 0.05) is 19.0 Å². The molecular formula is C14H25N3O2. The fourth-order valence-corrected chi connectivity index (χ4v) is 1.77. The molecule has 0 unspecified atom stereocenters. The predicted molar refractivity (Wildman–Crippen MR) is 75.2 cm³/mol. The van der Waals surface area contributed by atoms with Gasteiger partial charge in [0.05, 0.1) is 0 Å². The van der Waals surface area contributed by atoms with Crippen molar-refractivity contribution in [2.75, 3.05) is 26.7 Å². The number of carbonyl (C=O) groups is 1. The van der Waals surface area contributed by atoms with E-state index < -0.39 is 0 Å². The number of amides is 1. The van der Waals surface area contributed by atoms with Crippen molar-refractivity contribution in [3.05, 3.63) is 17.5 Å². The van der Waals surface area contributed by atoms with Crippen LogP contribution in [0.25, 0.3) is 0 Å². The van der Waals surface area contributed by atoms with E-state index in [4.69, 9.17) is 4.52 Å². The monoisotopic (exact) mass is 267 g/mol. The van der Waals surface area contributed by atoms with Crippen LogP contribution in [0.3, 0.4) is 0 Å². The third kappa shape index (κ3) is 5.87. The Hall–Kier alpha value is -1.36. The van der Waals surface area contributed by atoms with Crippen molar-refractivity contribution in [3.8, 4) is 0 Å². The Bertz CT molecular complexity index is 377. The molecule has 1 aromatic heterocycles. The first-order chi connectivity index (χ1) is 9.17. The van der Waals surface area contributed by atoms with Gasteiger partial charge in [-0.2, -0.15) is 0 Å². The summed E-state index contributed by atoms with van der Waals surface area (Å²) in [6.45, 7) is 6.95. The van der Waals surface area contributed by atoms with Gasteiger partial charge in [-0.05, 0) is 33.0 Å². The molecule has 0 aliphatic carbocycles. The van der Waals surface area contributed by atoms with Gasteiger partial charge in [0.15, 0.2) is 5.69 Å². The summed E-state index contributed by atoms with van der Waals surface area (Å²) in [6, 6.07) is 1.70. The Balaban J connectivity index is 2.16. The second-order valence-corrected chi connectivity index (χ2v) is 4.80. The summed E-state index contributed by atoms with van der Waals surface area (Å²) in [4.78, 5) is 14.0. The Kier molecular flexibility index (Phi) is 7.18. The first-order valence-corrected chi connectivity index (χ1v) is 7.09. The van der Waals surface area contributed by atoms with Gasteiger partial charge >= 0.3 is 0 Å². The fraction of sp³-hybridized carbons (Fsp3) is 0.714. The molecule has 5 heteroatoms. The van der Waals surface area contributed by atoms with Gasteiger partial charge in [0.2, 0.25) is 0 Å². The number of nitrogens with one attached hydrogen (secondary N) is 1. The molecular weight excluding hydrogens is 242 g/mol. The van der Waals surface area contributed by atoms with Crippen LogP contribution in [0.5, 0.6) is 0 Å². The summed E-state index contributed by atoms with van der Waals surface area (Å²) in [5, 5.41) is 6.60. The number of hydrogen-bond donors (Lipinski definition) is 1. The van der Waals surface area contributed by atoms with E-state index in [1.807, 2.05) is 6.92 Å². The van der Waals surface area contributed by atoms with Crippen LogP contribution in [-0.4, -0.2) is 42.6 Å². The number of rotatable bonds is 9.